The molecule has 0 aliphatic carbocycles. The van der Waals surface area contributed by atoms with Gasteiger partial charge in [-0.3, -0.25) is 9.69 Å². The summed E-state index contributed by atoms with van der Waals surface area (Å²) in [4.78, 5) is 17.2. The number of carboxylic acid groups (broad SMARTS) is 1. The molecule has 1 fully saturated rings. The van der Waals surface area contributed by atoms with Crippen molar-refractivity contribution in [2.75, 3.05) is 6.54 Å². The van der Waals surface area contributed by atoms with Gasteiger partial charge in [0.1, 0.15) is 5.76 Å². The summed E-state index contributed by atoms with van der Waals surface area (Å²) >= 11 is 0. The summed E-state index contributed by atoms with van der Waals surface area (Å²) < 4.78 is 5.21. The van der Waals surface area contributed by atoms with E-state index in [0.29, 0.717) is 6.04 Å². The van der Waals surface area contributed by atoms with E-state index in [1.165, 1.54) is 19.2 Å². The maximum atomic E-state index is 10.7. The van der Waals surface area contributed by atoms with Crippen LogP contribution in [0.2, 0.25) is 0 Å². The summed E-state index contributed by atoms with van der Waals surface area (Å²) in [5.41, 5.74) is 0.970. The average molecular weight is 252 g/mol. The lowest BCUT2D eigenvalue weighted by atomic mass is 9.97. The standard InChI is InChI=1S/C13H20N2O3/c1-10-12(14-9-18-10)8-15-7-3-2-4-11(15)5-6-13(16)17/h9,11H,2-8H2,1H3,(H,16,17). The van der Waals surface area contributed by atoms with Crippen LogP contribution in [-0.2, 0) is 11.3 Å². The van der Waals surface area contributed by atoms with E-state index in [1.54, 1.807) is 0 Å². The molecule has 0 aromatic carbocycles. The Labute approximate surface area is 107 Å². The maximum absolute atomic E-state index is 10.7. The molecule has 0 bridgehead atoms. The first-order valence-electron chi connectivity index (χ1n) is 6.51. The van der Waals surface area contributed by atoms with Gasteiger partial charge in [0, 0.05) is 19.0 Å². The Morgan fingerprint density at radius 2 is 2.44 bits per heavy atom. The second-order valence-electron chi connectivity index (χ2n) is 4.91. The van der Waals surface area contributed by atoms with Crippen LogP contribution in [0.1, 0.15) is 43.6 Å². The van der Waals surface area contributed by atoms with Crippen molar-refractivity contribution in [1.29, 1.82) is 0 Å². The molecule has 1 aliphatic rings. The van der Waals surface area contributed by atoms with Crippen molar-refractivity contribution in [2.45, 2.75) is 51.6 Å². The number of aromatic nitrogens is 1. The summed E-state index contributed by atoms with van der Waals surface area (Å²) in [6.07, 6.45) is 5.91. The highest BCUT2D eigenvalue weighted by Crippen LogP contribution is 2.23. The van der Waals surface area contributed by atoms with Crippen molar-refractivity contribution >= 4 is 5.97 Å². The summed E-state index contributed by atoms with van der Waals surface area (Å²) in [5.74, 6) is 0.149. The average Bonchev–Trinajstić information content (AvgIpc) is 2.74. The van der Waals surface area contributed by atoms with Gasteiger partial charge in [-0.15, -0.1) is 0 Å². The van der Waals surface area contributed by atoms with Crippen LogP contribution in [0.3, 0.4) is 0 Å². The highest BCUT2D eigenvalue weighted by atomic mass is 16.4. The molecule has 0 saturated carbocycles. The van der Waals surface area contributed by atoms with Crippen molar-refractivity contribution in [3.05, 3.63) is 17.8 Å². The van der Waals surface area contributed by atoms with Crippen LogP contribution in [0.25, 0.3) is 0 Å². The van der Waals surface area contributed by atoms with Crippen LogP contribution in [-0.4, -0.2) is 33.5 Å². The molecule has 2 heterocycles. The smallest absolute Gasteiger partial charge is 0.303 e. The fourth-order valence-corrected chi connectivity index (χ4v) is 2.56. The number of aliphatic carboxylic acids is 1. The first kappa shape index (κ1) is 13.1. The molecule has 1 saturated heterocycles. The Balaban J connectivity index is 1.95. The first-order valence-corrected chi connectivity index (χ1v) is 6.51. The van der Waals surface area contributed by atoms with Gasteiger partial charge in [0.2, 0.25) is 0 Å². The number of hydrogen-bond donors (Lipinski definition) is 1. The Hall–Kier alpha value is -1.36. The quantitative estimate of drug-likeness (QED) is 0.870. The molecule has 5 heteroatoms. The number of hydrogen-bond acceptors (Lipinski definition) is 4. The van der Waals surface area contributed by atoms with Gasteiger partial charge in [-0.2, -0.15) is 0 Å². The normalized spacial score (nSPS) is 21.1. The van der Waals surface area contributed by atoms with E-state index in [9.17, 15) is 4.79 Å². The Morgan fingerprint density at radius 3 is 3.11 bits per heavy atom. The van der Waals surface area contributed by atoms with Crippen LogP contribution < -0.4 is 0 Å². The van der Waals surface area contributed by atoms with Crippen LogP contribution in [0.4, 0.5) is 0 Å². The minimum absolute atomic E-state index is 0.249. The number of carbonyl (C=O) groups is 1. The lowest BCUT2D eigenvalue weighted by Gasteiger charge is -2.35. The van der Waals surface area contributed by atoms with Crippen molar-refractivity contribution in [3.63, 3.8) is 0 Å². The maximum Gasteiger partial charge on any atom is 0.303 e. The van der Waals surface area contributed by atoms with Crippen molar-refractivity contribution in [2.24, 2.45) is 0 Å². The largest absolute Gasteiger partial charge is 0.481 e. The van der Waals surface area contributed by atoms with E-state index in [-0.39, 0.29) is 6.42 Å². The molecule has 0 amide bonds. The second-order valence-corrected chi connectivity index (χ2v) is 4.91. The predicted molar refractivity (Wildman–Crippen MR) is 66.2 cm³/mol. The van der Waals surface area contributed by atoms with Crippen molar-refractivity contribution < 1.29 is 14.3 Å². The zero-order valence-electron chi connectivity index (χ0n) is 10.8. The van der Waals surface area contributed by atoms with Gasteiger partial charge >= 0.3 is 5.97 Å². The van der Waals surface area contributed by atoms with E-state index in [1.807, 2.05) is 6.92 Å². The minimum atomic E-state index is -0.710. The molecule has 18 heavy (non-hydrogen) atoms. The molecule has 1 aromatic rings. The lowest BCUT2D eigenvalue weighted by Crippen LogP contribution is -2.39. The number of oxazole rings is 1. The molecular weight excluding hydrogens is 232 g/mol. The fraction of sp³-hybridized carbons (Fsp3) is 0.692. The molecular formula is C13H20N2O3. The van der Waals surface area contributed by atoms with E-state index in [0.717, 1.165) is 37.4 Å². The molecule has 0 radical (unpaired) electrons. The molecule has 2 rings (SSSR count). The monoisotopic (exact) mass is 252 g/mol. The van der Waals surface area contributed by atoms with E-state index >= 15 is 0 Å². The van der Waals surface area contributed by atoms with Gasteiger partial charge < -0.3 is 9.52 Å². The van der Waals surface area contributed by atoms with Gasteiger partial charge in [0.05, 0.1) is 5.69 Å². The van der Waals surface area contributed by atoms with Crippen molar-refractivity contribution in [3.8, 4) is 0 Å². The van der Waals surface area contributed by atoms with Crippen LogP contribution in [0.5, 0.6) is 0 Å². The van der Waals surface area contributed by atoms with Crippen LogP contribution in [0.15, 0.2) is 10.8 Å². The zero-order chi connectivity index (χ0) is 13.0. The summed E-state index contributed by atoms with van der Waals surface area (Å²) in [6.45, 7) is 3.71. The Morgan fingerprint density at radius 1 is 1.61 bits per heavy atom. The van der Waals surface area contributed by atoms with Crippen LogP contribution >= 0.6 is 0 Å². The molecule has 1 aromatic heterocycles. The van der Waals surface area contributed by atoms with Crippen LogP contribution in [0, 0.1) is 6.92 Å². The zero-order valence-corrected chi connectivity index (χ0v) is 10.8. The van der Waals surface area contributed by atoms with Gasteiger partial charge in [-0.25, -0.2) is 4.98 Å². The first-order chi connectivity index (χ1) is 8.66. The minimum Gasteiger partial charge on any atom is -0.481 e. The summed E-state index contributed by atoms with van der Waals surface area (Å²) in [7, 11) is 0. The number of aryl methyl sites for hydroxylation is 1. The van der Waals surface area contributed by atoms with Gasteiger partial charge in [-0.05, 0) is 32.7 Å². The molecule has 1 aliphatic heterocycles. The number of piperidine rings is 1. The van der Waals surface area contributed by atoms with Gasteiger partial charge in [0.25, 0.3) is 0 Å². The molecule has 1 unspecified atom stereocenters. The van der Waals surface area contributed by atoms with E-state index in [2.05, 4.69) is 9.88 Å². The topological polar surface area (TPSA) is 66.6 Å². The summed E-state index contributed by atoms with van der Waals surface area (Å²) in [5, 5.41) is 8.79. The van der Waals surface area contributed by atoms with Gasteiger partial charge in [0.15, 0.2) is 6.39 Å². The molecule has 1 N–H and O–H groups in total. The lowest BCUT2D eigenvalue weighted by molar-refractivity contribution is -0.137. The molecule has 0 spiro atoms. The third-order valence-electron chi connectivity index (χ3n) is 3.64. The molecule has 100 valence electrons. The number of likely N-dealkylation sites (tertiary alicyclic amines) is 1. The third-order valence-corrected chi connectivity index (χ3v) is 3.64. The molecule has 1 atom stereocenters. The second kappa shape index (κ2) is 6.00. The predicted octanol–water partition coefficient (Wildman–Crippen LogP) is 2.20. The molecule has 5 nitrogen and oxygen atoms in total. The number of nitrogens with zero attached hydrogens (tertiary/aromatic N) is 2. The number of rotatable bonds is 5. The fourth-order valence-electron chi connectivity index (χ4n) is 2.56. The van der Waals surface area contributed by atoms with E-state index in [4.69, 9.17) is 9.52 Å². The van der Waals surface area contributed by atoms with Gasteiger partial charge in [-0.1, -0.05) is 6.42 Å². The Bertz CT molecular complexity index is 403. The highest BCUT2D eigenvalue weighted by molar-refractivity contribution is 5.66. The van der Waals surface area contributed by atoms with Crippen molar-refractivity contribution in [1.82, 2.24) is 9.88 Å². The summed E-state index contributed by atoms with van der Waals surface area (Å²) in [6, 6.07) is 0.367. The van der Waals surface area contributed by atoms with E-state index < -0.39 is 5.97 Å². The Kier molecular flexibility index (Phi) is 4.36. The number of carboxylic acids is 1. The highest BCUT2D eigenvalue weighted by Gasteiger charge is 2.24. The third kappa shape index (κ3) is 3.32. The SMILES string of the molecule is Cc1ocnc1CN1CCCCC1CCC(=O)O.